The Labute approximate surface area is 120 Å². The van der Waals surface area contributed by atoms with Crippen molar-refractivity contribution in [3.8, 4) is 0 Å². The van der Waals surface area contributed by atoms with E-state index < -0.39 is 0 Å². The van der Waals surface area contributed by atoms with Crippen molar-refractivity contribution in [2.24, 2.45) is 0 Å². The molecule has 0 N–H and O–H groups in total. The van der Waals surface area contributed by atoms with Gasteiger partial charge in [-0.05, 0) is 48.9 Å². The summed E-state index contributed by atoms with van der Waals surface area (Å²) in [6.45, 7) is 1.97. The summed E-state index contributed by atoms with van der Waals surface area (Å²) in [6, 6.07) is 9.40. The quantitative estimate of drug-likeness (QED) is 0.800. The van der Waals surface area contributed by atoms with E-state index in [1.54, 1.807) is 36.4 Å². The first-order valence-corrected chi connectivity index (χ1v) is 6.62. The predicted molar refractivity (Wildman–Crippen MR) is 80.0 cm³/mol. The molecule has 3 nitrogen and oxygen atoms in total. The number of furan rings is 1. The molecule has 0 spiro atoms. The van der Waals surface area contributed by atoms with Gasteiger partial charge in [-0.3, -0.25) is 4.79 Å². The number of likely N-dealkylation sites (N-methyl/N-ethyl adjacent to an activating group) is 1. The summed E-state index contributed by atoms with van der Waals surface area (Å²) < 4.78 is 6.15. The van der Waals surface area contributed by atoms with E-state index in [1.165, 1.54) is 6.08 Å². The maximum Gasteiger partial charge on any atom is 0.250 e. The molecule has 0 aliphatic heterocycles. The smallest absolute Gasteiger partial charge is 0.250 e. The van der Waals surface area contributed by atoms with Gasteiger partial charge in [-0.25, -0.2) is 0 Å². The van der Waals surface area contributed by atoms with Crippen molar-refractivity contribution >= 4 is 33.6 Å². The number of amides is 1. The summed E-state index contributed by atoms with van der Waals surface area (Å²) in [5.41, 5.74) is 1.92. The fraction of sp³-hybridized carbons (Fsp3) is 0.133. The van der Waals surface area contributed by atoms with Crippen LogP contribution in [0.3, 0.4) is 0 Å². The summed E-state index contributed by atoms with van der Waals surface area (Å²) in [5.74, 6) is 0.566. The van der Waals surface area contributed by atoms with Crippen LogP contribution in [0.25, 0.3) is 6.08 Å². The van der Waals surface area contributed by atoms with Crippen LogP contribution in [0, 0.1) is 6.92 Å². The topological polar surface area (TPSA) is 33.5 Å². The molecular formula is C15H14BrNO2. The molecule has 98 valence electrons. The first-order valence-electron chi connectivity index (χ1n) is 5.83. The fourth-order valence-corrected chi connectivity index (χ4v) is 2.24. The van der Waals surface area contributed by atoms with E-state index >= 15 is 0 Å². The molecule has 0 radical (unpaired) electrons. The Morgan fingerprint density at radius 3 is 2.79 bits per heavy atom. The van der Waals surface area contributed by atoms with Gasteiger partial charge in [0.05, 0.1) is 6.26 Å². The SMILES string of the molecule is Cc1cc(Br)ccc1N(C)C(=O)C=Cc1ccco1. The summed E-state index contributed by atoms with van der Waals surface area (Å²) in [6.07, 6.45) is 4.74. The zero-order chi connectivity index (χ0) is 13.8. The minimum atomic E-state index is -0.0955. The average Bonchev–Trinajstić information content (AvgIpc) is 2.88. The van der Waals surface area contributed by atoms with Gasteiger partial charge in [-0.15, -0.1) is 0 Å². The third-order valence-electron chi connectivity index (χ3n) is 2.78. The number of hydrogen-bond donors (Lipinski definition) is 0. The molecule has 1 heterocycles. The molecule has 1 aromatic carbocycles. The van der Waals surface area contributed by atoms with Crippen LogP contribution in [-0.4, -0.2) is 13.0 Å². The molecular weight excluding hydrogens is 306 g/mol. The van der Waals surface area contributed by atoms with Crippen LogP contribution in [-0.2, 0) is 4.79 Å². The Morgan fingerprint density at radius 1 is 1.37 bits per heavy atom. The zero-order valence-electron chi connectivity index (χ0n) is 10.8. The van der Waals surface area contributed by atoms with E-state index in [1.807, 2.05) is 25.1 Å². The summed E-state index contributed by atoms with van der Waals surface area (Å²) >= 11 is 3.41. The van der Waals surface area contributed by atoms with Gasteiger partial charge in [0.25, 0.3) is 5.91 Å². The van der Waals surface area contributed by atoms with E-state index in [0.717, 1.165) is 15.7 Å². The summed E-state index contributed by atoms with van der Waals surface area (Å²) in [7, 11) is 1.76. The minimum Gasteiger partial charge on any atom is -0.465 e. The first kappa shape index (κ1) is 13.6. The molecule has 0 saturated heterocycles. The molecule has 4 heteroatoms. The largest absolute Gasteiger partial charge is 0.465 e. The highest BCUT2D eigenvalue weighted by molar-refractivity contribution is 9.10. The second-order valence-electron chi connectivity index (χ2n) is 4.18. The van der Waals surface area contributed by atoms with Gasteiger partial charge in [0.1, 0.15) is 5.76 Å². The van der Waals surface area contributed by atoms with Gasteiger partial charge in [0.15, 0.2) is 0 Å². The van der Waals surface area contributed by atoms with E-state index in [-0.39, 0.29) is 5.91 Å². The molecule has 2 aromatic rings. The van der Waals surface area contributed by atoms with E-state index in [2.05, 4.69) is 15.9 Å². The number of nitrogens with zero attached hydrogens (tertiary/aromatic N) is 1. The molecule has 0 atom stereocenters. The highest BCUT2D eigenvalue weighted by Gasteiger charge is 2.10. The predicted octanol–water partition coefficient (Wildman–Crippen LogP) is 4.03. The lowest BCUT2D eigenvalue weighted by Gasteiger charge is -2.17. The van der Waals surface area contributed by atoms with Crippen molar-refractivity contribution in [3.63, 3.8) is 0 Å². The second-order valence-corrected chi connectivity index (χ2v) is 5.09. The van der Waals surface area contributed by atoms with Crippen LogP contribution in [0.5, 0.6) is 0 Å². The Hall–Kier alpha value is -1.81. The van der Waals surface area contributed by atoms with Crippen LogP contribution < -0.4 is 4.90 Å². The molecule has 0 saturated carbocycles. The van der Waals surface area contributed by atoms with Crippen molar-refractivity contribution in [1.82, 2.24) is 0 Å². The molecule has 0 unspecified atom stereocenters. The third-order valence-corrected chi connectivity index (χ3v) is 3.28. The molecule has 0 bridgehead atoms. The average molecular weight is 320 g/mol. The standard InChI is InChI=1S/C15H14BrNO2/c1-11-10-12(16)5-7-14(11)17(2)15(18)8-6-13-4-3-9-19-13/h3-10H,1-2H3. The van der Waals surface area contributed by atoms with E-state index in [0.29, 0.717) is 5.76 Å². The van der Waals surface area contributed by atoms with Crippen molar-refractivity contribution in [2.45, 2.75) is 6.92 Å². The molecule has 19 heavy (non-hydrogen) atoms. The zero-order valence-corrected chi connectivity index (χ0v) is 12.3. The number of hydrogen-bond acceptors (Lipinski definition) is 2. The lowest BCUT2D eigenvalue weighted by molar-refractivity contribution is -0.113. The number of aryl methyl sites for hydroxylation is 1. The second kappa shape index (κ2) is 5.89. The molecule has 2 rings (SSSR count). The maximum atomic E-state index is 12.1. The van der Waals surface area contributed by atoms with Gasteiger partial charge < -0.3 is 9.32 Å². The van der Waals surface area contributed by atoms with Crippen molar-refractivity contribution in [3.05, 3.63) is 58.5 Å². The number of benzene rings is 1. The maximum absolute atomic E-state index is 12.1. The number of halogens is 1. The fourth-order valence-electron chi connectivity index (χ4n) is 1.77. The monoisotopic (exact) mass is 319 g/mol. The number of anilines is 1. The van der Waals surface area contributed by atoms with Gasteiger partial charge in [0.2, 0.25) is 0 Å². The summed E-state index contributed by atoms with van der Waals surface area (Å²) in [4.78, 5) is 13.7. The Kier molecular flexibility index (Phi) is 4.22. The Morgan fingerprint density at radius 2 is 2.16 bits per heavy atom. The number of rotatable bonds is 3. The van der Waals surface area contributed by atoms with Crippen LogP contribution >= 0.6 is 15.9 Å². The van der Waals surface area contributed by atoms with Crippen molar-refractivity contribution < 1.29 is 9.21 Å². The normalized spacial score (nSPS) is 10.9. The third kappa shape index (κ3) is 3.35. The number of carbonyl (C=O) groups is 1. The number of carbonyl (C=O) groups excluding carboxylic acids is 1. The molecule has 0 aliphatic carbocycles. The van der Waals surface area contributed by atoms with Crippen LogP contribution in [0.1, 0.15) is 11.3 Å². The summed E-state index contributed by atoms with van der Waals surface area (Å²) in [5, 5.41) is 0. The molecule has 1 amide bonds. The Bertz CT molecular complexity index is 603. The van der Waals surface area contributed by atoms with Gasteiger partial charge in [-0.1, -0.05) is 15.9 Å². The van der Waals surface area contributed by atoms with E-state index in [9.17, 15) is 4.79 Å². The molecule has 1 aromatic heterocycles. The lowest BCUT2D eigenvalue weighted by atomic mass is 10.2. The van der Waals surface area contributed by atoms with E-state index in [4.69, 9.17) is 4.42 Å². The first-order chi connectivity index (χ1) is 9.08. The van der Waals surface area contributed by atoms with Gasteiger partial charge >= 0.3 is 0 Å². The van der Waals surface area contributed by atoms with Gasteiger partial charge in [0, 0.05) is 23.3 Å². The van der Waals surface area contributed by atoms with Crippen molar-refractivity contribution in [2.75, 3.05) is 11.9 Å². The van der Waals surface area contributed by atoms with Crippen LogP contribution in [0.4, 0.5) is 5.69 Å². The van der Waals surface area contributed by atoms with Crippen LogP contribution in [0.2, 0.25) is 0 Å². The molecule has 0 fully saturated rings. The van der Waals surface area contributed by atoms with Crippen LogP contribution in [0.15, 0.2) is 51.6 Å². The lowest BCUT2D eigenvalue weighted by Crippen LogP contribution is -2.24. The Balaban J connectivity index is 2.15. The van der Waals surface area contributed by atoms with Crippen molar-refractivity contribution in [1.29, 1.82) is 0 Å². The highest BCUT2D eigenvalue weighted by atomic mass is 79.9. The van der Waals surface area contributed by atoms with Gasteiger partial charge in [-0.2, -0.15) is 0 Å². The highest BCUT2D eigenvalue weighted by Crippen LogP contribution is 2.23. The molecule has 0 aliphatic rings. The minimum absolute atomic E-state index is 0.0955.